The number of hydrogen-bond acceptors (Lipinski definition) is 8. The van der Waals surface area contributed by atoms with Gasteiger partial charge in [0.1, 0.15) is 11.4 Å². The summed E-state index contributed by atoms with van der Waals surface area (Å²) in [5.41, 5.74) is 3.09. The molecular weight excluding hydrogens is 400 g/mol. The van der Waals surface area contributed by atoms with Gasteiger partial charge in [0.25, 0.3) is 0 Å². The predicted molar refractivity (Wildman–Crippen MR) is 102 cm³/mol. The van der Waals surface area contributed by atoms with Crippen LogP contribution in [0.15, 0.2) is 57.6 Å². The van der Waals surface area contributed by atoms with Crippen molar-refractivity contribution in [2.45, 2.75) is 0 Å². The molecule has 2 aromatic carbocycles. The van der Waals surface area contributed by atoms with Crippen molar-refractivity contribution in [3.63, 3.8) is 0 Å². The van der Waals surface area contributed by atoms with E-state index in [9.17, 15) is 0 Å². The van der Waals surface area contributed by atoms with Crippen LogP contribution in [0.25, 0.3) is 22.6 Å². The van der Waals surface area contributed by atoms with Gasteiger partial charge in [0, 0.05) is 15.7 Å². The lowest BCUT2D eigenvalue weighted by Crippen LogP contribution is -2.00. The lowest BCUT2D eigenvalue weighted by molar-refractivity contribution is 0.314. The molecule has 0 spiro atoms. The van der Waals surface area contributed by atoms with Crippen molar-refractivity contribution in [3.8, 4) is 17.0 Å². The molecule has 0 amide bonds. The zero-order valence-corrected chi connectivity index (χ0v) is 15.4. The van der Waals surface area contributed by atoms with Crippen LogP contribution in [0.5, 0.6) is 5.75 Å². The highest BCUT2D eigenvalue weighted by atomic mass is 79.9. The van der Waals surface area contributed by atoms with Crippen LogP contribution in [0.1, 0.15) is 0 Å². The van der Waals surface area contributed by atoms with E-state index in [-0.39, 0.29) is 6.15 Å². The summed E-state index contributed by atoms with van der Waals surface area (Å²) in [7, 11) is 1.63. The smallest absolute Gasteiger partial charge is 0.245 e. The Morgan fingerprint density at radius 2 is 1.73 bits per heavy atom. The van der Waals surface area contributed by atoms with E-state index in [0.717, 1.165) is 21.5 Å². The summed E-state index contributed by atoms with van der Waals surface area (Å²) in [5.74, 6) is 1.34. The summed E-state index contributed by atoms with van der Waals surface area (Å²) in [5, 5.41) is 10.8. The molecule has 0 saturated heterocycles. The highest BCUT2D eigenvalue weighted by molar-refractivity contribution is 9.10. The third-order valence-corrected chi connectivity index (χ3v) is 4.06. The van der Waals surface area contributed by atoms with Crippen molar-refractivity contribution in [1.82, 2.24) is 26.4 Å². The molecular formula is C17H15BrN6O2. The first kappa shape index (κ1) is 17.8. The Hall–Kier alpha value is -3.04. The minimum atomic E-state index is 0. The lowest BCUT2D eigenvalue weighted by atomic mass is 10.1. The molecule has 0 aliphatic heterocycles. The molecule has 0 bridgehead atoms. The van der Waals surface area contributed by atoms with E-state index in [1.165, 1.54) is 0 Å². The number of nitrogens with zero attached hydrogens (tertiary/aromatic N) is 4. The molecule has 0 atom stereocenters. The number of nitrogens with one attached hydrogen (secondary N) is 1. The molecule has 4 rings (SSSR count). The van der Waals surface area contributed by atoms with Gasteiger partial charge in [0.2, 0.25) is 11.3 Å². The van der Waals surface area contributed by atoms with E-state index in [0.29, 0.717) is 22.8 Å². The molecule has 9 heteroatoms. The van der Waals surface area contributed by atoms with E-state index in [1.807, 2.05) is 48.5 Å². The van der Waals surface area contributed by atoms with Crippen LogP contribution in [-0.4, -0.2) is 27.4 Å². The monoisotopic (exact) mass is 414 g/mol. The molecule has 26 heavy (non-hydrogen) atoms. The topological polar surface area (TPSA) is 121 Å². The standard InChI is InChI=1S/C17H12BrN5O2.H3N/c1-24-13-7-5-12(6-8-13)19-15-14(10-3-2-4-11(18)9-10)20-16-17(21-15)23-25-22-16;/h2-9H,1H3,(H,19,21,23);1H3. The Labute approximate surface area is 157 Å². The van der Waals surface area contributed by atoms with Crippen LogP contribution in [0.4, 0.5) is 11.5 Å². The Balaban J connectivity index is 0.00000196. The lowest BCUT2D eigenvalue weighted by Gasteiger charge is -2.11. The van der Waals surface area contributed by atoms with Gasteiger partial charge in [-0.1, -0.05) is 28.1 Å². The highest BCUT2D eigenvalue weighted by Gasteiger charge is 2.15. The first-order chi connectivity index (χ1) is 12.2. The van der Waals surface area contributed by atoms with Gasteiger partial charge in [0.15, 0.2) is 5.82 Å². The number of hydrogen-bond donors (Lipinski definition) is 2. The number of fused-ring (bicyclic) bond motifs is 1. The van der Waals surface area contributed by atoms with E-state index in [1.54, 1.807) is 7.11 Å². The second kappa shape index (κ2) is 7.46. The third kappa shape index (κ3) is 3.48. The minimum absolute atomic E-state index is 0. The Kier molecular flexibility index (Phi) is 5.10. The van der Waals surface area contributed by atoms with Gasteiger partial charge in [-0.15, -0.1) is 0 Å². The van der Waals surface area contributed by atoms with Gasteiger partial charge in [0.05, 0.1) is 7.11 Å². The first-order valence-electron chi connectivity index (χ1n) is 7.40. The van der Waals surface area contributed by atoms with Crippen molar-refractivity contribution in [2.75, 3.05) is 12.4 Å². The Morgan fingerprint density at radius 1 is 1.00 bits per heavy atom. The maximum atomic E-state index is 5.18. The normalized spacial score (nSPS) is 10.4. The Morgan fingerprint density at radius 3 is 2.42 bits per heavy atom. The second-order valence-corrected chi connectivity index (χ2v) is 6.11. The first-order valence-corrected chi connectivity index (χ1v) is 8.19. The quantitative estimate of drug-likeness (QED) is 0.505. The number of aromatic nitrogens is 4. The van der Waals surface area contributed by atoms with Crippen LogP contribution in [-0.2, 0) is 0 Å². The van der Waals surface area contributed by atoms with Crippen LogP contribution in [0.2, 0.25) is 0 Å². The molecule has 2 heterocycles. The van der Waals surface area contributed by atoms with E-state index < -0.39 is 0 Å². The zero-order chi connectivity index (χ0) is 17.2. The molecule has 0 saturated carbocycles. The van der Waals surface area contributed by atoms with E-state index in [4.69, 9.17) is 9.37 Å². The fraction of sp³-hybridized carbons (Fsp3) is 0.0588. The summed E-state index contributed by atoms with van der Waals surface area (Å²) in [6.07, 6.45) is 0. The fourth-order valence-electron chi connectivity index (χ4n) is 2.37. The summed E-state index contributed by atoms with van der Waals surface area (Å²) >= 11 is 3.48. The van der Waals surface area contributed by atoms with Crippen LogP contribution >= 0.6 is 15.9 Å². The number of ether oxygens (including phenoxy) is 1. The van der Waals surface area contributed by atoms with Gasteiger partial charge in [-0.25, -0.2) is 14.6 Å². The van der Waals surface area contributed by atoms with Crippen LogP contribution in [0, 0.1) is 0 Å². The second-order valence-electron chi connectivity index (χ2n) is 5.20. The average Bonchev–Trinajstić information content (AvgIpc) is 3.09. The zero-order valence-electron chi connectivity index (χ0n) is 13.8. The molecule has 0 aliphatic rings. The summed E-state index contributed by atoms with van der Waals surface area (Å²) in [4.78, 5) is 9.03. The Bertz CT molecular complexity index is 1040. The molecule has 0 fully saturated rings. The number of rotatable bonds is 4. The fourth-order valence-corrected chi connectivity index (χ4v) is 2.77. The molecule has 2 aromatic heterocycles. The molecule has 4 N–H and O–H groups in total. The SMILES string of the molecule is COc1ccc(Nc2nc3nonc3nc2-c2cccc(Br)c2)cc1.N. The van der Waals surface area contributed by atoms with Crippen molar-refractivity contribution in [2.24, 2.45) is 0 Å². The number of methoxy groups -OCH3 is 1. The predicted octanol–water partition coefficient (Wildman–Crippen LogP) is 4.36. The van der Waals surface area contributed by atoms with Gasteiger partial charge < -0.3 is 16.2 Å². The minimum Gasteiger partial charge on any atom is -0.497 e. The largest absolute Gasteiger partial charge is 0.497 e. The molecule has 0 unspecified atom stereocenters. The van der Waals surface area contributed by atoms with E-state index in [2.05, 4.69) is 41.5 Å². The third-order valence-electron chi connectivity index (χ3n) is 3.57. The summed E-state index contributed by atoms with van der Waals surface area (Å²) in [6.45, 7) is 0. The van der Waals surface area contributed by atoms with Gasteiger partial charge in [-0.3, -0.25) is 0 Å². The van der Waals surface area contributed by atoms with Gasteiger partial charge in [-0.2, -0.15) is 0 Å². The van der Waals surface area contributed by atoms with Crippen LogP contribution < -0.4 is 16.2 Å². The molecule has 8 nitrogen and oxygen atoms in total. The van der Waals surface area contributed by atoms with Gasteiger partial charge in [-0.05, 0) is 46.7 Å². The molecule has 0 radical (unpaired) electrons. The molecule has 0 aliphatic carbocycles. The van der Waals surface area contributed by atoms with Crippen molar-refractivity contribution in [3.05, 3.63) is 53.0 Å². The average molecular weight is 415 g/mol. The van der Waals surface area contributed by atoms with Crippen molar-refractivity contribution >= 4 is 38.7 Å². The molecule has 4 aromatic rings. The van der Waals surface area contributed by atoms with Gasteiger partial charge >= 0.3 is 0 Å². The summed E-state index contributed by atoms with van der Waals surface area (Å²) in [6, 6.07) is 15.3. The number of anilines is 2. The number of halogens is 1. The summed E-state index contributed by atoms with van der Waals surface area (Å²) < 4.78 is 10.9. The molecule has 132 valence electrons. The maximum Gasteiger partial charge on any atom is 0.245 e. The van der Waals surface area contributed by atoms with Crippen LogP contribution in [0.3, 0.4) is 0 Å². The van der Waals surface area contributed by atoms with Crippen molar-refractivity contribution < 1.29 is 9.37 Å². The highest BCUT2D eigenvalue weighted by Crippen LogP contribution is 2.30. The maximum absolute atomic E-state index is 5.18. The number of benzene rings is 2. The van der Waals surface area contributed by atoms with E-state index >= 15 is 0 Å². The van der Waals surface area contributed by atoms with Crippen molar-refractivity contribution in [1.29, 1.82) is 0 Å².